The van der Waals surface area contributed by atoms with Gasteiger partial charge in [0.2, 0.25) is 0 Å². The molecule has 4 rings (SSSR count). The van der Waals surface area contributed by atoms with E-state index in [9.17, 15) is 9.90 Å². The molecule has 0 spiro atoms. The molecule has 0 amide bonds. The lowest BCUT2D eigenvalue weighted by Crippen LogP contribution is -2.63. The van der Waals surface area contributed by atoms with Gasteiger partial charge >= 0.3 is 0 Å². The molecule has 182 valence electrons. The number of hydrogen-bond donors (Lipinski definition) is 1. The van der Waals surface area contributed by atoms with Gasteiger partial charge in [-0.1, -0.05) is 46.3 Å². The van der Waals surface area contributed by atoms with Crippen LogP contribution in [0.4, 0.5) is 0 Å². The Morgan fingerprint density at radius 2 is 1.62 bits per heavy atom. The van der Waals surface area contributed by atoms with Gasteiger partial charge in [-0.05, 0) is 118 Å². The van der Waals surface area contributed by atoms with Gasteiger partial charge in [-0.2, -0.15) is 0 Å². The minimum absolute atomic E-state index is 0.168. The third kappa shape index (κ3) is 3.32. The molecule has 3 unspecified atom stereocenters. The summed E-state index contributed by atoms with van der Waals surface area (Å²) in [5, 5.41) is 11.6. The maximum Gasteiger partial charge on any atom is 0.138 e. The van der Waals surface area contributed by atoms with Gasteiger partial charge in [-0.15, -0.1) is 0 Å². The molecule has 1 N–H and O–H groups in total. The van der Waals surface area contributed by atoms with Crippen molar-refractivity contribution >= 4 is 5.78 Å². The predicted molar refractivity (Wildman–Crippen MR) is 133 cm³/mol. The van der Waals surface area contributed by atoms with Gasteiger partial charge in [0.25, 0.3) is 0 Å². The van der Waals surface area contributed by atoms with Crippen molar-refractivity contribution in [2.75, 3.05) is 0 Å². The molecular formula is C30H50O2. The van der Waals surface area contributed by atoms with Crippen LogP contribution in [0.5, 0.6) is 0 Å². The van der Waals surface area contributed by atoms with E-state index in [1.54, 1.807) is 0 Å². The number of rotatable bonds is 4. The van der Waals surface area contributed by atoms with E-state index in [1.807, 2.05) is 0 Å². The summed E-state index contributed by atoms with van der Waals surface area (Å²) in [6.45, 7) is 18.7. The monoisotopic (exact) mass is 442 g/mol. The lowest BCUT2D eigenvalue weighted by molar-refractivity contribution is -0.207. The lowest BCUT2D eigenvalue weighted by atomic mass is 9.35. The van der Waals surface area contributed by atoms with Crippen molar-refractivity contribution in [3.8, 4) is 0 Å². The Bertz CT molecular complexity index is 787. The lowest BCUT2D eigenvalue weighted by Gasteiger charge is -2.69. The highest BCUT2D eigenvalue weighted by atomic mass is 16.3. The van der Waals surface area contributed by atoms with E-state index in [2.05, 4.69) is 61.5 Å². The molecule has 0 aromatic heterocycles. The number of hydrogen-bond acceptors (Lipinski definition) is 2. The highest BCUT2D eigenvalue weighted by molar-refractivity contribution is 5.85. The van der Waals surface area contributed by atoms with Crippen LogP contribution >= 0.6 is 0 Å². The maximum atomic E-state index is 12.8. The molecule has 0 radical (unpaired) electrons. The fourth-order valence-electron chi connectivity index (χ4n) is 10.1. The Labute approximate surface area is 198 Å². The van der Waals surface area contributed by atoms with Crippen LogP contribution < -0.4 is 0 Å². The van der Waals surface area contributed by atoms with Crippen molar-refractivity contribution in [3.05, 3.63) is 11.6 Å². The molecule has 0 bridgehead atoms. The third-order valence-electron chi connectivity index (χ3n) is 12.1. The van der Waals surface area contributed by atoms with Crippen LogP contribution in [0.25, 0.3) is 0 Å². The van der Waals surface area contributed by atoms with E-state index < -0.39 is 5.60 Å². The van der Waals surface area contributed by atoms with Gasteiger partial charge in [0, 0.05) is 11.8 Å². The summed E-state index contributed by atoms with van der Waals surface area (Å²) < 4.78 is 0. The second kappa shape index (κ2) is 7.69. The van der Waals surface area contributed by atoms with Gasteiger partial charge in [0.05, 0.1) is 5.60 Å². The fraction of sp³-hybridized carbons (Fsp3) is 0.900. The first-order chi connectivity index (χ1) is 14.7. The molecule has 2 heteroatoms. The standard InChI is InChI=1S/C30H50O2/c1-20(2)10-9-16-30(8,32)22-13-18-28(6)21(22)11-12-24-27(5)17-15-25(31)26(3,4)23(27)14-19-29(24,28)7/h10,21-24,32H,9,11-19H2,1-8H3/t21?,22-,23?,24?,27-,28+,29+,30-/m0/s1. The Morgan fingerprint density at radius 1 is 0.969 bits per heavy atom. The van der Waals surface area contributed by atoms with Gasteiger partial charge in [0.1, 0.15) is 5.78 Å². The van der Waals surface area contributed by atoms with Gasteiger partial charge in [-0.3, -0.25) is 4.79 Å². The van der Waals surface area contributed by atoms with Crippen LogP contribution in [0.15, 0.2) is 11.6 Å². The molecule has 4 fully saturated rings. The van der Waals surface area contributed by atoms with Gasteiger partial charge < -0.3 is 5.11 Å². The number of carbonyl (C=O) groups excluding carboxylic acids is 1. The van der Waals surface area contributed by atoms with Crippen LogP contribution in [0.1, 0.15) is 120 Å². The molecule has 2 nitrogen and oxygen atoms in total. The van der Waals surface area contributed by atoms with Crippen molar-refractivity contribution in [1.29, 1.82) is 0 Å². The molecule has 0 saturated heterocycles. The summed E-state index contributed by atoms with van der Waals surface area (Å²) in [5.41, 5.74) is 1.52. The second-order valence-corrected chi connectivity index (χ2v) is 14.1. The van der Waals surface area contributed by atoms with Crippen LogP contribution in [0.3, 0.4) is 0 Å². The van der Waals surface area contributed by atoms with E-state index in [0.29, 0.717) is 40.3 Å². The van der Waals surface area contributed by atoms with E-state index in [1.165, 1.54) is 44.1 Å². The van der Waals surface area contributed by atoms with E-state index in [4.69, 9.17) is 0 Å². The zero-order valence-electron chi connectivity index (χ0n) is 22.3. The quantitative estimate of drug-likeness (QED) is 0.452. The smallest absolute Gasteiger partial charge is 0.138 e. The van der Waals surface area contributed by atoms with Crippen LogP contribution in [-0.4, -0.2) is 16.5 Å². The Balaban J connectivity index is 1.62. The SMILES string of the molecule is CC(C)=CCC[C@](C)(O)[C@H]1CC[C@]2(C)C1CCC1[C@@]3(C)CCC(=O)C(C)(C)C3CC[C@]12C. The number of fused-ring (bicyclic) bond motifs is 5. The van der Waals surface area contributed by atoms with E-state index >= 15 is 0 Å². The maximum absolute atomic E-state index is 12.8. The van der Waals surface area contributed by atoms with Crippen LogP contribution in [0.2, 0.25) is 0 Å². The number of Topliss-reactive ketones (excluding diaryl/α,β-unsaturated/α-hetero) is 1. The molecular weight excluding hydrogens is 392 g/mol. The molecule has 4 aliphatic rings. The highest BCUT2D eigenvalue weighted by Gasteiger charge is 2.69. The van der Waals surface area contributed by atoms with Crippen LogP contribution in [-0.2, 0) is 4.79 Å². The molecule has 4 saturated carbocycles. The first-order valence-corrected chi connectivity index (χ1v) is 13.6. The summed E-state index contributed by atoms with van der Waals surface area (Å²) >= 11 is 0. The largest absolute Gasteiger partial charge is 0.390 e. The molecule has 0 heterocycles. The second-order valence-electron chi connectivity index (χ2n) is 14.1. The number of aliphatic hydroxyl groups is 1. The molecule has 32 heavy (non-hydrogen) atoms. The van der Waals surface area contributed by atoms with E-state index in [0.717, 1.165) is 25.7 Å². The molecule has 0 aromatic rings. The summed E-state index contributed by atoms with van der Waals surface area (Å²) in [4.78, 5) is 12.8. The summed E-state index contributed by atoms with van der Waals surface area (Å²) in [7, 11) is 0. The average Bonchev–Trinajstić information content (AvgIpc) is 3.04. The molecule has 0 aromatic carbocycles. The van der Waals surface area contributed by atoms with Crippen molar-refractivity contribution in [2.45, 2.75) is 125 Å². The normalized spacial score (nSPS) is 47.1. The summed E-state index contributed by atoms with van der Waals surface area (Å²) in [6.07, 6.45) is 13.5. The van der Waals surface area contributed by atoms with Crippen molar-refractivity contribution in [1.82, 2.24) is 0 Å². The molecule has 4 aliphatic carbocycles. The zero-order valence-corrected chi connectivity index (χ0v) is 22.3. The first kappa shape index (κ1) is 24.5. The first-order valence-electron chi connectivity index (χ1n) is 13.6. The third-order valence-corrected chi connectivity index (χ3v) is 12.1. The van der Waals surface area contributed by atoms with Gasteiger partial charge in [0.15, 0.2) is 0 Å². The minimum Gasteiger partial charge on any atom is -0.390 e. The number of allylic oxidation sites excluding steroid dienone is 2. The summed E-state index contributed by atoms with van der Waals surface area (Å²) in [6, 6.07) is 0. The fourth-order valence-corrected chi connectivity index (χ4v) is 10.1. The van der Waals surface area contributed by atoms with Crippen LogP contribution in [0, 0.1) is 45.3 Å². The Hall–Kier alpha value is -0.630. The topological polar surface area (TPSA) is 37.3 Å². The van der Waals surface area contributed by atoms with E-state index in [-0.39, 0.29) is 10.8 Å². The van der Waals surface area contributed by atoms with Gasteiger partial charge in [-0.25, -0.2) is 0 Å². The van der Waals surface area contributed by atoms with Crippen molar-refractivity contribution < 1.29 is 9.90 Å². The number of carbonyl (C=O) groups is 1. The zero-order chi connectivity index (χ0) is 23.7. The summed E-state index contributed by atoms with van der Waals surface area (Å²) in [5.74, 6) is 2.78. The average molecular weight is 443 g/mol. The highest BCUT2D eigenvalue weighted by Crippen LogP contribution is 2.75. The number of ketones is 1. The molecule has 0 aliphatic heterocycles. The Morgan fingerprint density at radius 3 is 2.28 bits per heavy atom. The van der Waals surface area contributed by atoms with Crippen molar-refractivity contribution in [2.24, 2.45) is 45.3 Å². The minimum atomic E-state index is -0.572. The van der Waals surface area contributed by atoms with Crippen molar-refractivity contribution in [3.63, 3.8) is 0 Å². The molecule has 8 atom stereocenters. The predicted octanol–water partition coefficient (Wildman–Crippen LogP) is 7.74. The Kier molecular flexibility index (Phi) is 5.89.